The first kappa shape index (κ1) is 20.7. The molecule has 3 nitrogen and oxygen atoms in total. The van der Waals surface area contributed by atoms with Crippen LogP contribution in [0, 0.1) is 0 Å². The van der Waals surface area contributed by atoms with Crippen molar-refractivity contribution in [2.45, 2.75) is 24.7 Å². The molecule has 0 unspecified atom stereocenters. The third kappa shape index (κ3) is 3.88. The summed E-state index contributed by atoms with van der Waals surface area (Å²) in [6.07, 6.45) is 4.14. The number of rotatable bonds is 4. The number of hydrogen-bond acceptors (Lipinski definition) is 3. The van der Waals surface area contributed by atoms with Gasteiger partial charge in [0.25, 0.3) is 0 Å². The van der Waals surface area contributed by atoms with Crippen molar-refractivity contribution in [2.75, 3.05) is 18.0 Å². The van der Waals surface area contributed by atoms with Crippen molar-refractivity contribution >= 4 is 17.6 Å². The van der Waals surface area contributed by atoms with Gasteiger partial charge in [-0.25, -0.2) is 0 Å². The van der Waals surface area contributed by atoms with Crippen molar-refractivity contribution < 1.29 is 5.11 Å². The first-order valence-electron chi connectivity index (χ1n) is 12.1. The summed E-state index contributed by atoms with van der Waals surface area (Å²) >= 11 is 0. The minimum absolute atomic E-state index is 0.270. The number of benzene rings is 4. The number of hydrogen-bond donors (Lipinski definition) is 1. The molecule has 2 atom stereocenters. The molecule has 0 aromatic heterocycles. The van der Waals surface area contributed by atoms with Gasteiger partial charge >= 0.3 is 0 Å². The van der Waals surface area contributed by atoms with E-state index in [0.717, 1.165) is 37.2 Å². The average molecular weight is 445 g/mol. The predicted octanol–water partition coefficient (Wildman–Crippen LogP) is 7.02. The van der Waals surface area contributed by atoms with E-state index in [2.05, 4.69) is 77.7 Å². The van der Waals surface area contributed by atoms with E-state index in [4.69, 9.17) is 4.99 Å². The molecular formula is C31H28N2O. The topological polar surface area (TPSA) is 35.8 Å². The summed E-state index contributed by atoms with van der Waals surface area (Å²) < 4.78 is 0. The van der Waals surface area contributed by atoms with E-state index in [0.29, 0.717) is 11.8 Å². The lowest BCUT2D eigenvalue weighted by Gasteiger charge is -2.43. The van der Waals surface area contributed by atoms with E-state index < -0.39 is 0 Å². The molecule has 168 valence electrons. The molecular weight excluding hydrogens is 416 g/mol. The van der Waals surface area contributed by atoms with E-state index in [1.54, 1.807) is 12.1 Å². The van der Waals surface area contributed by atoms with E-state index in [-0.39, 0.29) is 5.75 Å². The predicted molar refractivity (Wildman–Crippen MR) is 140 cm³/mol. The van der Waals surface area contributed by atoms with Gasteiger partial charge in [0, 0.05) is 36.8 Å². The van der Waals surface area contributed by atoms with Gasteiger partial charge in [-0.15, -0.1) is 0 Å². The Morgan fingerprint density at radius 3 is 1.76 bits per heavy atom. The van der Waals surface area contributed by atoms with Crippen molar-refractivity contribution in [1.82, 2.24) is 0 Å². The minimum atomic E-state index is 0.270. The number of aromatic hydroxyl groups is 1. The number of phenols is 1. The Labute approximate surface area is 201 Å². The summed E-state index contributed by atoms with van der Waals surface area (Å²) in [5.74, 6) is 1.03. The second kappa shape index (κ2) is 8.83. The summed E-state index contributed by atoms with van der Waals surface area (Å²) in [6, 6.07) is 33.6. The van der Waals surface area contributed by atoms with Crippen LogP contribution in [-0.4, -0.2) is 24.4 Å². The molecule has 0 aliphatic carbocycles. The number of nitrogens with zero attached hydrogens (tertiary/aromatic N) is 2. The average Bonchev–Trinajstić information content (AvgIpc) is 2.90. The number of aliphatic imine (C=N–C) groups is 1. The first-order valence-corrected chi connectivity index (χ1v) is 12.1. The standard InChI is InChI=1S/C31H28N2O/c34-26-13-11-22(12-14-26)21-32-25-19-29-27(23-7-3-1-4-8-23)15-17-33-18-16-28(30(20-25)31(29)33)24-9-5-2-6-10-24/h1-14,19-21,27-28,34H,15-18H2/t27-,28-/m0/s1. The molecule has 0 saturated heterocycles. The lowest BCUT2D eigenvalue weighted by Crippen LogP contribution is -2.37. The highest BCUT2D eigenvalue weighted by Gasteiger charge is 2.34. The molecule has 4 aromatic carbocycles. The van der Waals surface area contributed by atoms with Gasteiger partial charge in [0.15, 0.2) is 0 Å². The first-order chi connectivity index (χ1) is 16.8. The Hall–Kier alpha value is -3.85. The Kier molecular flexibility index (Phi) is 5.38. The van der Waals surface area contributed by atoms with Gasteiger partial charge in [0.05, 0.1) is 5.69 Å². The molecule has 34 heavy (non-hydrogen) atoms. The molecule has 1 N–H and O–H groups in total. The summed E-state index contributed by atoms with van der Waals surface area (Å²) in [4.78, 5) is 7.50. The molecule has 6 rings (SSSR count). The molecule has 0 bridgehead atoms. The van der Waals surface area contributed by atoms with Crippen LogP contribution in [0.5, 0.6) is 5.75 Å². The third-order valence-electron chi connectivity index (χ3n) is 7.26. The zero-order chi connectivity index (χ0) is 22.9. The van der Waals surface area contributed by atoms with Crippen LogP contribution in [0.15, 0.2) is 102 Å². The van der Waals surface area contributed by atoms with E-state index in [1.807, 2.05) is 18.3 Å². The highest BCUT2D eigenvalue weighted by molar-refractivity contribution is 5.83. The van der Waals surface area contributed by atoms with Gasteiger partial charge in [-0.3, -0.25) is 4.99 Å². The molecule has 0 fully saturated rings. The fourth-order valence-corrected chi connectivity index (χ4v) is 5.62. The van der Waals surface area contributed by atoms with Crippen LogP contribution in [0.4, 0.5) is 11.4 Å². The maximum Gasteiger partial charge on any atom is 0.115 e. The zero-order valence-corrected chi connectivity index (χ0v) is 19.1. The quantitative estimate of drug-likeness (QED) is 0.343. The summed E-state index contributed by atoms with van der Waals surface area (Å²) in [6.45, 7) is 2.19. The van der Waals surface area contributed by atoms with E-state index in [9.17, 15) is 5.11 Å². The number of anilines is 1. The third-order valence-corrected chi connectivity index (χ3v) is 7.26. The molecule has 2 aliphatic heterocycles. The van der Waals surface area contributed by atoms with Crippen LogP contribution < -0.4 is 4.90 Å². The molecule has 0 saturated carbocycles. The Morgan fingerprint density at radius 1 is 0.706 bits per heavy atom. The van der Waals surface area contributed by atoms with Gasteiger partial charge in [-0.05, 0) is 77.1 Å². The maximum atomic E-state index is 9.60. The fraction of sp³-hybridized carbons (Fsp3) is 0.194. The fourth-order valence-electron chi connectivity index (χ4n) is 5.62. The van der Waals surface area contributed by atoms with Crippen LogP contribution in [0.25, 0.3) is 0 Å². The van der Waals surface area contributed by atoms with Crippen molar-refractivity contribution in [3.63, 3.8) is 0 Å². The van der Waals surface area contributed by atoms with Crippen molar-refractivity contribution in [2.24, 2.45) is 4.99 Å². The van der Waals surface area contributed by atoms with Crippen molar-refractivity contribution in [1.29, 1.82) is 0 Å². The van der Waals surface area contributed by atoms with Gasteiger partial charge < -0.3 is 10.0 Å². The van der Waals surface area contributed by atoms with E-state index in [1.165, 1.54) is 27.9 Å². The summed E-state index contributed by atoms with van der Waals surface area (Å²) in [5.41, 5.74) is 8.94. The molecule has 4 aromatic rings. The van der Waals surface area contributed by atoms with Crippen LogP contribution in [0.2, 0.25) is 0 Å². The van der Waals surface area contributed by atoms with Gasteiger partial charge in [-0.2, -0.15) is 0 Å². The van der Waals surface area contributed by atoms with Crippen LogP contribution in [0.1, 0.15) is 52.5 Å². The van der Waals surface area contributed by atoms with Crippen LogP contribution in [-0.2, 0) is 0 Å². The summed E-state index contributed by atoms with van der Waals surface area (Å²) in [5, 5.41) is 9.60. The second-order valence-electron chi connectivity index (χ2n) is 9.31. The number of phenolic OH excluding ortho intramolecular Hbond substituents is 1. The van der Waals surface area contributed by atoms with Crippen LogP contribution >= 0.6 is 0 Å². The van der Waals surface area contributed by atoms with Gasteiger partial charge in [-0.1, -0.05) is 60.7 Å². The lowest BCUT2D eigenvalue weighted by atomic mass is 9.76. The molecule has 2 aliphatic rings. The second-order valence-corrected chi connectivity index (χ2v) is 9.31. The van der Waals surface area contributed by atoms with Gasteiger partial charge in [0.1, 0.15) is 5.75 Å². The molecule has 3 heteroatoms. The lowest BCUT2D eigenvalue weighted by molar-refractivity contribution is 0.475. The maximum absolute atomic E-state index is 9.60. The van der Waals surface area contributed by atoms with Gasteiger partial charge in [0.2, 0.25) is 0 Å². The smallest absolute Gasteiger partial charge is 0.115 e. The monoisotopic (exact) mass is 444 g/mol. The Morgan fingerprint density at radius 2 is 1.24 bits per heavy atom. The highest BCUT2D eigenvalue weighted by Crippen LogP contribution is 2.49. The Bertz CT molecular complexity index is 1240. The SMILES string of the molecule is Oc1ccc(C=Nc2cc3c4c(c2)[C@H](c2ccccc2)CCN4CC[C@H]3c2ccccc2)cc1. The van der Waals surface area contributed by atoms with E-state index >= 15 is 0 Å². The summed E-state index contributed by atoms with van der Waals surface area (Å²) in [7, 11) is 0. The zero-order valence-electron chi connectivity index (χ0n) is 19.1. The molecule has 0 radical (unpaired) electrons. The molecule has 0 spiro atoms. The van der Waals surface area contributed by atoms with Crippen LogP contribution in [0.3, 0.4) is 0 Å². The molecule has 0 amide bonds. The Balaban J connectivity index is 1.49. The largest absolute Gasteiger partial charge is 0.508 e. The van der Waals surface area contributed by atoms with Crippen molar-refractivity contribution in [3.8, 4) is 5.75 Å². The molecule has 2 heterocycles. The minimum Gasteiger partial charge on any atom is -0.508 e. The normalized spacial score (nSPS) is 19.2. The van der Waals surface area contributed by atoms with Crippen molar-refractivity contribution in [3.05, 3.63) is 125 Å². The highest BCUT2D eigenvalue weighted by atomic mass is 16.3.